The molecule has 0 bridgehead atoms. The molecule has 1 saturated heterocycles. The Morgan fingerprint density at radius 3 is 2.46 bits per heavy atom. The van der Waals surface area contributed by atoms with E-state index in [9.17, 15) is 0 Å². The van der Waals surface area contributed by atoms with Gasteiger partial charge in [0.2, 0.25) is 5.95 Å². The normalized spacial score (nSPS) is 18.1. The monoisotopic (exact) mass is 542 g/mol. The number of nitrogens with zero attached hydrogens (tertiary/aromatic N) is 3. The van der Waals surface area contributed by atoms with Crippen LogP contribution in [-0.4, -0.2) is 42.8 Å². The van der Waals surface area contributed by atoms with Crippen LogP contribution in [0.5, 0.6) is 0 Å². The molecule has 2 heterocycles. The number of hydrogen-bond donors (Lipinski definition) is 2. The van der Waals surface area contributed by atoms with Crippen LogP contribution in [0.4, 0.5) is 11.6 Å². The van der Waals surface area contributed by atoms with Gasteiger partial charge in [-0.05, 0) is 105 Å². The highest BCUT2D eigenvalue weighted by Crippen LogP contribution is 2.31. The number of hydrogen-bond acceptors (Lipinski definition) is 6. The molecule has 3 N–H and O–H groups in total. The van der Waals surface area contributed by atoms with Crippen molar-refractivity contribution < 1.29 is 8.76 Å². The fourth-order valence-electron chi connectivity index (χ4n) is 5.83. The molecule has 1 fully saturated rings. The Labute approximate surface area is 233 Å². The van der Waals surface area contributed by atoms with E-state index in [0.29, 0.717) is 5.95 Å². The summed E-state index contributed by atoms with van der Waals surface area (Å²) in [6.07, 6.45) is 9.56. The Hall–Kier alpha value is -3.17. The van der Waals surface area contributed by atoms with E-state index in [1.54, 1.807) is 0 Å². The number of aryl methyl sites for hydroxylation is 4. The van der Waals surface area contributed by atoms with Gasteiger partial charge in [-0.3, -0.25) is 9.35 Å². The molecule has 1 aliphatic heterocycles. The molecule has 0 spiro atoms. The van der Waals surface area contributed by atoms with Crippen LogP contribution in [0.15, 0.2) is 60.8 Å². The maximum atomic E-state index is 8.78. The molecule has 6 rings (SSSR count). The molecule has 7 nitrogen and oxygen atoms in total. The van der Waals surface area contributed by atoms with Crippen LogP contribution in [-0.2, 0) is 24.1 Å². The first-order valence-corrected chi connectivity index (χ1v) is 14.8. The average Bonchev–Trinajstić information content (AvgIpc) is 3.37. The van der Waals surface area contributed by atoms with Gasteiger partial charge in [0.25, 0.3) is 0 Å². The Morgan fingerprint density at radius 2 is 1.72 bits per heavy atom. The maximum absolute atomic E-state index is 8.78. The SMILES string of the molecule is Cc1ccc(-c2cccc3cnc(Nc4ccc5c(c4)CCC(N4CCCC4)CC5)nc23)cc1C.NS(=O)[O-]. The minimum atomic E-state index is -2.36. The smallest absolute Gasteiger partial charge is 0.227 e. The Kier molecular flexibility index (Phi) is 8.67. The highest BCUT2D eigenvalue weighted by atomic mass is 32.2. The molecular formula is C31H36N5O2S-. The number of anilines is 2. The minimum Gasteiger partial charge on any atom is -0.760 e. The lowest BCUT2D eigenvalue weighted by molar-refractivity contribution is 0.222. The first kappa shape index (κ1) is 27.4. The highest BCUT2D eigenvalue weighted by molar-refractivity contribution is 7.76. The summed E-state index contributed by atoms with van der Waals surface area (Å²) in [5.41, 5.74) is 9.99. The lowest BCUT2D eigenvalue weighted by Gasteiger charge is -2.25. The quantitative estimate of drug-likeness (QED) is 0.252. The lowest BCUT2D eigenvalue weighted by atomic mass is 9.99. The summed E-state index contributed by atoms with van der Waals surface area (Å²) in [7, 11) is 0. The first-order valence-electron chi connectivity index (χ1n) is 13.7. The molecule has 3 aromatic carbocycles. The molecule has 2 atom stereocenters. The van der Waals surface area contributed by atoms with Gasteiger partial charge in [-0.25, -0.2) is 9.97 Å². The maximum Gasteiger partial charge on any atom is 0.227 e. The third-order valence-corrected chi connectivity index (χ3v) is 8.04. The minimum absolute atomic E-state index is 0.650. The molecule has 2 unspecified atom stereocenters. The van der Waals surface area contributed by atoms with Crippen molar-refractivity contribution in [2.75, 3.05) is 18.4 Å². The van der Waals surface area contributed by atoms with Gasteiger partial charge >= 0.3 is 0 Å². The summed E-state index contributed by atoms with van der Waals surface area (Å²) < 4.78 is 17.6. The van der Waals surface area contributed by atoms with Crippen molar-refractivity contribution in [3.8, 4) is 11.1 Å². The van der Waals surface area contributed by atoms with Gasteiger partial charge in [-0.2, -0.15) is 0 Å². The molecule has 0 saturated carbocycles. The number of fused-ring (bicyclic) bond motifs is 2. The predicted octanol–water partition coefficient (Wildman–Crippen LogP) is 5.74. The molecule has 2 aliphatic rings. The van der Waals surface area contributed by atoms with Crippen molar-refractivity contribution in [1.29, 1.82) is 0 Å². The van der Waals surface area contributed by atoms with Crippen molar-refractivity contribution in [2.24, 2.45) is 5.14 Å². The number of nitrogens with one attached hydrogen (secondary N) is 1. The van der Waals surface area contributed by atoms with E-state index in [0.717, 1.165) is 34.6 Å². The number of rotatable bonds is 4. The molecule has 4 aromatic rings. The van der Waals surface area contributed by atoms with Gasteiger partial charge in [0.05, 0.1) is 5.52 Å². The molecule has 39 heavy (non-hydrogen) atoms. The zero-order valence-corrected chi connectivity index (χ0v) is 23.5. The Bertz CT molecular complexity index is 1480. The first-order chi connectivity index (χ1) is 18.9. The van der Waals surface area contributed by atoms with Crippen LogP contribution in [0.3, 0.4) is 0 Å². The second-order valence-electron chi connectivity index (χ2n) is 10.6. The van der Waals surface area contributed by atoms with Crippen molar-refractivity contribution in [3.05, 3.63) is 83.0 Å². The zero-order chi connectivity index (χ0) is 27.4. The van der Waals surface area contributed by atoms with Crippen molar-refractivity contribution >= 4 is 33.8 Å². The van der Waals surface area contributed by atoms with E-state index in [4.69, 9.17) is 13.7 Å². The highest BCUT2D eigenvalue weighted by Gasteiger charge is 2.24. The van der Waals surface area contributed by atoms with Crippen LogP contribution < -0.4 is 10.5 Å². The van der Waals surface area contributed by atoms with E-state index >= 15 is 0 Å². The molecule has 8 heteroatoms. The number of nitrogens with two attached hydrogens (primary N) is 1. The molecular weight excluding hydrogens is 506 g/mol. The summed E-state index contributed by atoms with van der Waals surface area (Å²) >= 11 is -2.36. The van der Waals surface area contributed by atoms with Crippen LogP contribution in [0.1, 0.15) is 47.9 Å². The Morgan fingerprint density at radius 1 is 0.974 bits per heavy atom. The lowest BCUT2D eigenvalue weighted by Crippen LogP contribution is -2.32. The van der Waals surface area contributed by atoms with Gasteiger partial charge in [0.1, 0.15) is 0 Å². The van der Waals surface area contributed by atoms with Gasteiger partial charge in [-0.15, -0.1) is 0 Å². The molecule has 1 aliphatic carbocycles. The molecule has 0 radical (unpaired) electrons. The summed E-state index contributed by atoms with van der Waals surface area (Å²) in [5, 5.41) is 8.58. The summed E-state index contributed by atoms with van der Waals surface area (Å²) in [6, 6.07) is 20.5. The number of likely N-dealkylation sites (tertiary alicyclic amines) is 1. The van der Waals surface area contributed by atoms with E-state index < -0.39 is 11.3 Å². The molecule has 204 valence electrons. The predicted molar refractivity (Wildman–Crippen MR) is 159 cm³/mol. The largest absolute Gasteiger partial charge is 0.760 e. The van der Waals surface area contributed by atoms with E-state index in [2.05, 4.69) is 88.8 Å². The summed E-state index contributed by atoms with van der Waals surface area (Å²) in [5.74, 6) is 0.650. The van der Waals surface area contributed by atoms with Crippen LogP contribution in [0.25, 0.3) is 22.0 Å². The molecule has 1 aromatic heterocycles. The molecule has 0 amide bonds. The number of benzene rings is 3. The number of para-hydroxylation sites is 1. The van der Waals surface area contributed by atoms with Crippen molar-refractivity contribution in [1.82, 2.24) is 14.9 Å². The van der Waals surface area contributed by atoms with Gasteiger partial charge in [-0.1, -0.05) is 42.5 Å². The summed E-state index contributed by atoms with van der Waals surface area (Å²) in [4.78, 5) is 12.3. The second kappa shape index (κ2) is 12.3. The van der Waals surface area contributed by atoms with Crippen molar-refractivity contribution in [3.63, 3.8) is 0 Å². The van der Waals surface area contributed by atoms with Crippen LogP contribution in [0, 0.1) is 13.8 Å². The summed E-state index contributed by atoms with van der Waals surface area (Å²) in [6.45, 7) is 6.89. The number of aromatic nitrogens is 2. The Balaban J connectivity index is 0.000000723. The standard InChI is InChI=1S/C31H34N4.H3NO2S/c1-21-8-9-25(18-22(21)2)29-7-5-6-26-20-32-31(34-30(26)29)33-27-13-10-23-11-14-28(15-12-24(23)19-27)35-16-3-4-17-35;1-4(2)3/h5-10,13,18-20,28H,3-4,11-12,14-17H2,1-2H3,(H,32,33,34);1H2,(H,2,3)/p-1. The van der Waals surface area contributed by atoms with Crippen molar-refractivity contribution in [2.45, 2.75) is 58.4 Å². The van der Waals surface area contributed by atoms with Crippen LogP contribution >= 0.6 is 0 Å². The average molecular weight is 543 g/mol. The van der Waals surface area contributed by atoms with E-state index in [1.165, 1.54) is 73.0 Å². The van der Waals surface area contributed by atoms with Gasteiger partial charge in [0, 0.05) is 40.1 Å². The fourth-order valence-corrected chi connectivity index (χ4v) is 5.83. The zero-order valence-electron chi connectivity index (χ0n) is 22.7. The third kappa shape index (κ3) is 6.70. The van der Waals surface area contributed by atoms with Crippen LogP contribution in [0.2, 0.25) is 0 Å². The second-order valence-corrected chi connectivity index (χ2v) is 11.1. The van der Waals surface area contributed by atoms with E-state index in [-0.39, 0.29) is 0 Å². The van der Waals surface area contributed by atoms with Gasteiger partial charge in [0.15, 0.2) is 0 Å². The van der Waals surface area contributed by atoms with E-state index in [1.807, 2.05) is 6.20 Å². The van der Waals surface area contributed by atoms with Gasteiger partial charge < -0.3 is 14.8 Å². The third-order valence-electron chi connectivity index (χ3n) is 8.04. The fraction of sp³-hybridized carbons (Fsp3) is 0.355. The topological polar surface area (TPSA) is 107 Å².